The number of methoxy groups -OCH3 is 1. The van der Waals surface area contributed by atoms with Gasteiger partial charge in [-0.15, -0.1) is 0 Å². The van der Waals surface area contributed by atoms with Gasteiger partial charge in [-0.1, -0.05) is 0 Å². The summed E-state index contributed by atoms with van der Waals surface area (Å²) in [6, 6.07) is 3.74. The molecule has 0 amide bonds. The number of nitrogens with zero attached hydrogens (tertiary/aromatic N) is 1. The Morgan fingerprint density at radius 2 is 2.11 bits per heavy atom. The van der Waals surface area contributed by atoms with Crippen molar-refractivity contribution in [3.05, 3.63) is 34.4 Å². The number of esters is 1. The Balaban J connectivity index is 3.48. The molecule has 0 bridgehead atoms. The molecular formula is C12H11F3N2O2. The molecule has 0 unspecified atom stereocenters. The normalized spacial score (nSPS) is 10.9. The Labute approximate surface area is 107 Å². The van der Waals surface area contributed by atoms with Gasteiger partial charge < -0.3 is 10.5 Å². The number of nitriles is 1. The van der Waals surface area contributed by atoms with Gasteiger partial charge in [0.05, 0.1) is 30.7 Å². The Kier molecular flexibility index (Phi) is 4.51. The number of nitrogens with two attached hydrogens (primary N) is 1. The molecule has 0 spiro atoms. The van der Waals surface area contributed by atoms with E-state index in [9.17, 15) is 18.0 Å². The molecule has 0 fully saturated rings. The third-order valence-electron chi connectivity index (χ3n) is 2.52. The van der Waals surface area contributed by atoms with Crippen LogP contribution in [0.4, 0.5) is 13.2 Å². The molecule has 0 radical (unpaired) electrons. The predicted molar refractivity (Wildman–Crippen MR) is 59.8 cm³/mol. The summed E-state index contributed by atoms with van der Waals surface area (Å²) in [7, 11) is 1.07. The lowest BCUT2D eigenvalue weighted by Gasteiger charge is -2.15. The van der Waals surface area contributed by atoms with Gasteiger partial charge in [-0.25, -0.2) is 0 Å². The lowest BCUT2D eigenvalue weighted by Crippen LogP contribution is -2.16. The van der Waals surface area contributed by atoms with Crippen molar-refractivity contribution in [2.45, 2.75) is 19.1 Å². The summed E-state index contributed by atoms with van der Waals surface area (Å²) in [4.78, 5) is 11.2. The zero-order chi connectivity index (χ0) is 14.6. The van der Waals surface area contributed by atoms with Crippen molar-refractivity contribution >= 4 is 5.97 Å². The van der Waals surface area contributed by atoms with E-state index in [1.807, 2.05) is 0 Å². The molecule has 2 N–H and O–H groups in total. The molecule has 0 saturated carbocycles. The van der Waals surface area contributed by atoms with E-state index in [-0.39, 0.29) is 23.2 Å². The molecule has 0 aliphatic carbocycles. The van der Waals surface area contributed by atoms with Crippen molar-refractivity contribution < 1.29 is 22.7 Å². The molecule has 102 valence electrons. The maximum Gasteiger partial charge on any atom is 0.416 e. The summed E-state index contributed by atoms with van der Waals surface area (Å²) in [5, 5.41) is 8.90. The highest BCUT2D eigenvalue weighted by molar-refractivity contribution is 5.74. The van der Waals surface area contributed by atoms with Crippen LogP contribution in [0.2, 0.25) is 0 Å². The number of hydrogen-bond donors (Lipinski definition) is 1. The van der Waals surface area contributed by atoms with Crippen LogP contribution in [-0.2, 0) is 28.7 Å². The van der Waals surface area contributed by atoms with Gasteiger partial charge in [-0.3, -0.25) is 4.79 Å². The van der Waals surface area contributed by atoms with Crippen molar-refractivity contribution in [3.8, 4) is 6.07 Å². The van der Waals surface area contributed by atoms with Crippen LogP contribution in [0, 0.1) is 11.3 Å². The summed E-state index contributed by atoms with van der Waals surface area (Å²) >= 11 is 0. The van der Waals surface area contributed by atoms with Crippen LogP contribution >= 0.6 is 0 Å². The van der Waals surface area contributed by atoms with Gasteiger partial charge in [0.2, 0.25) is 0 Å². The van der Waals surface area contributed by atoms with Gasteiger partial charge in [0.15, 0.2) is 0 Å². The molecule has 1 aromatic rings. The Morgan fingerprint density at radius 3 is 2.53 bits per heavy atom. The van der Waals surface area contributed by atoms with Crippen LogP contribution in [0.25, 0.3) is 0 Å². The van der Waals surface area contributed by atoms with E-state index in [0.29, 0.717) is 0 Å². The maximum atomic E-state index is 12.9. The molecule has 19 heavy (non-hydrogen) atoms. The van der Waals surface area contributed by atoms with Crippen LogP contribution in [0.3, 0.4) is 0 Å². The molecule has 4 nitrogen and oxygen atoms in total. The number of hydrogen-bond acceptors (Lipinski definition) is 4. The fourth-order valence-corrected chi connectivity index (χ4v) is 1.61. The van der Waals surface area contributed by atoms with Gasteiger partial charge >= 0.3 is 12.1 Å². The van der Waals surface area contributed by atoms with E-state index in [1.54, 1.807) is 6.07 Å². The van der Waals surface area contributed by atoms with E-state index < -0.39 is 24.1 Å². The number of halogens is 3. The first-order valence-electron chi connectivity index (χ1n) is 5.23. The SMILES string of the molecule is COC(=O)Cc1c(C#N)cc(CN)cc1C(F)(F)F. The number of ether oxygens (including phenoxy) is 1. The fourth-order valence-electron chi connectivity index (χ4n) is 1.61. The van der Waals surface area contributed by atoms with E-state index in [1.165, 1.54) is 6.07 Å². The smallest absolute Gasteiger partial charge is 0.416 e. The Bertz CT molecular complexity index is 533. The third-order valence-corrected chi connectivity index (χ3v) is 2.52. The number of benzene rings is 1. The number of rotatable bonds is 3. The van der Waals surface area contributed by atoms with Crippen molar-refractivity contribution in [2.75, 3.05) is 7.11 Å². The second-order valence-corrected chi connectivity index (χ2v) is 3.74. The number of carbonyl (C=O) groups excluding carboxylic acids is 1. The zero-order valence-corrected chi connectivity index (χ0v) is 10.0. The minimum Gasteiger partial charge on any atom is -0.469 e. The topological polar surface area (TPSA) is 76.1 Å². The first kappa shape index (κ1) is 15.0. The standard InChI is InChI=1S/C12H11F3N2O2/c1-19-11(18)4-9-8(6-17)2-7(5-16)3-10(9)12(13,14)15/h2-3H,4-5,16H2,1H3. The highest BCUT2D eigenvalue weighted by Gasteiger charge is 2.35. The van der Waals surface area contributed by atoms with Gasteiger partial charge in [-0.05, 0) is 23.3 Å². The second-order valence-electron chi connectivity index (χ2n) is 3.74. The molecule has 0 saturated heterocycles. The maximum absolute atomic E-state index is 12.9. The lowest BCUT2D eigenvalue weighted by molar-refractivity contribution is -0.141. The third kappa shape index (κ3) is 3.45. The van der Waals surface area contributed by atoms with Crippen molar-refractivity contribution in [2.24, 2.45) is 5.73 Å². The van der Waals surface area contributed by atoms with Gasteiger partial charge in [-0.2, -0.15) is 18.4 Å². The molecule has 1 rings (SSSR count). The molecular weight excluding hydrogens is 261 g/mol. The summed E-state index contributed by atoms with van der Waals surface area (Å²) in [5.41, 5.74) is 3.83. The minimum atomic E-state index is -4.67. The van der Waals surface area contributed by atoms with Crippen LogP contribution < -0.4 is 5.73 Å². The van der Waals surface area contributed by atoms with E-state index in [4.69, 9.17) is 11.0 Å². The summed E-state index contributed by atoms with van der Waals surface area (Å²) < 4.78 is 43.1. The molecule has 7 heteroatoms. The van der Waals surface area contributed by atoms with Crippen molar-refractivity contribution in [1.29, 1.82) is 5.26 Å². The average Bonchev–Trinajstić information content (AvgIpc) is 2.37. The summed E-state index contributed by atoms with van der Waals surface area (Å²) in [5.74, 6) is -0.845. The number of alkyl halides is 3. The highest BCUT2D eigenvalue weighted by Crippen LogP contribution is 2.34. The monoisotopic (exact) mass is 272 g/mol. The Morgan fingerprint density at radius 1 is 1.47 bits per heavy atom. The van der Waals surface area contributed by atoms with Crippen LogP contribution in [0.5, 0.6) is 0 Å². The van der Waals surface area contributed by atoms with Gasteiger partial charge in [0.25, 0.3) is 0 Å². The molecule has 0 aromatic heterocycles. The molecule has 0 heterocycles. The van der Waals surface area contributed by atoms with Crippen LogP contribution in [0.15, 0.2) is 12.1 Å². The molecule has 0 aliphatic rings. The van der Waals surface area contributed by atoms with Crippen molar-refractivity contribution in [1.82, 2.24) is 0 Å². The molecule has 0 atom stereocenters. The Hall–Kier alpha value is -2.07. The highest BCUT2D eigenvalue weighted by atomic mass is 19.4. The quantitative estimate of drug-likeness (QED) is 0.850. The van der Waals surface area contributed by atoms with Gasteiger partial charge in [0.1, 0.15) is 0 Å². The van der Waals surface area contributed by atoms with Crippen molar-refractivity contribution in [3.63, 3.8) is 0 Å². The minimum absolute atomic E-state index is 0.129. The molecule has 1 aromatic carbocycles. The predicted octanol–water partition coefficient (Wildman–Crippen LogP) is 1.75. The molecule has 0 aliphatic heterocycles. The van der Waals surface area contributed by atoms with E-state index >= 15 is 0 Å². The summed E-state index contributed by atoms with van der Waals surface area (Å²) in [6.45, 7) is -0.129. The largest absolute Gasteiger partial charge is 0.469 e. The summed E-state index contributed by atoms with van der Waals surface area (Å²) in [6.07, 6.45) is -5.28. The number of carbonyl (C=O) groups is 1. The first-order valence-corrected chi connectivity index (χ1v) is 5.23. The van der Waals surface area contributed by atoms with E-state index in [0.717, 1.165) is 13.2 Å². The van der Waals surface area contributed by atoms with Crippen LogP contribution in [-0.4, -0.2) is 13.1 Å². The fraction of sp³-hybridized carbons (Fsp3) is 0.333. The lowest BCUT2D eigenvalue weighted by atomic mass is 9.95. The van der Waals surface area contributed by atoms with Gasteiger partial charge in [0, 0.05) is 6.54 Å². The average molecular weight is 272 g/mol. The second kappa shape index (κ2) is 5.71. The first-order chi connectivity index (χ1) is 8.83. The van der Waals surface area contributed by atoms with Crippen LogP contribution in [0.1, 0.15) is 22.3 Å². The zero-order valence-electron chi connectivity index (χ0n) is 10.0. The van der Waals surface area contributed by atoms with E-state index in [2.05, 4.69) is 4.74 Å².